The lowest BCUT2D eigenvalue weighted by Crippen LogP contribution is -2.50. The number of carbonyl (C=O) groups is 1. The highest BCUT2D eigenvalue weighted by Crippen LogP contribution is 2.40. The second-order valence-electron chi connectivity index (χ2n) is 5.12. The van der Waals surface area contributed by atoms with Crippen LogP contribution in [0.1, 0.15) is 19.0 Å². The zero-order valence-corrected chi connectivity index (χ0v) is 12.5. The Kier molecular flexibility index (Phi) is 3.30. The van der Waals surface area contributed by atoms with E-state index in [1.807, 2.05) is 11.8 Å². The summed E-state index contributed by atoms with van der Waals surface area (Å²) >= 11 is 6.02. The molecule has 6 nitrogen and oxygen atoms in total. The van der Waals surface area contributed by atoms with Gasteiger partial charge in [-0.25, -0.2) is 4.98 Å². The molecule has 3 heterocycles. The lowest BCUT2D eigenvalue weighted by Gasteiger charge is -2.37. The number of halogens is 1. The number of hydrogen-bond acceptors (Lipinski definition) is 5. The van der Waals surface area contributed by atoms with Gasteiger partial charge in [0, 0.05) is 27.1 Å². The summed E-state index contributed by atoms with van der Waals surface area (Å²) in [5.41, 5.74) is 1.57. The molecule has 20 heavy (non-hydrogen) atoms. The smallest absolute Gasteiger partial charge is 0.249 e. The molecule has 3 rings (SSSR count). The highest BCUT2D eigenvalue weighted by atomic mass is 35.5. The van der Waals surface area contributed by atoms with E-state index < -0.39 is 0 Å². The molecule has 7 heteroatoms. The molecule has 108 valence electrons. The number of carbonyl (C=O) groups excluding carboxylic acids is 1. The topological polar surface area (TPSA) is 58.6 Å². The van der Waals surface area contributed by atoms with Gasteiger partial charge in [0.1, 0.15) is 11.7 Å². The van der Waals surface area contributed by atoms with E-state index in [1.165, 1.54) is 0 Å². The first-order valence-electron chi connectivity index (χ1n) is 6.70. The Hall–Kier alpha value is -1.40. The monoisotopic (exact) mass is 296 g/mol. The third kappa shape index (κ3) is 1.86. The van der Waals surface area contributed by atoms with E-state index in [9.17, 15) is 4.79 Å². The normalized spacial score (nSPS) is 24.9. The van der Waals surface area contributed by atoms with Crippen LogP contribution in [0.3, 0.4) is 0 Å². The molecular formula is C13H17ClN4O2. The molecule has 0 bridgehead atoms. The molecule has 0 N–H and O–H groups in total. The first-order valence-corrected chi connectivity index (χ1v) is 7.08. The van der Waals surface area contributed by atoms with Crippen molar-refractivity contribution in [2.45, 2.75) is 31.9 Å². The Labute approximate surface area is 122 Å². The fraction of sp³-hybridized carbons (Fsp3) is 0.615. The molecule has 0 aliphatic carbocycles. The van der Waals surface area contributed by atoms with Crippen molar-refractivity contribution in [3.8, 4) is 0 Å². The molecular weight excluding hydrogens is 280 g/mol. The number of likely N-dealkylation sites (N-methyl/N-ethyl adjacent to an activating group) is 1. The largest absolute Gasteiger partial charge is 0.380 e. The van der Waals surface area contributed by atoms with Gasteiger partial charge in [0.2, 0.25) is 11.2 Å². The predicted molar refractivity (Wildman–Crippen MR) is 76.4 cm³/mol. The van der Waals surface area contributed by atoms with Crippen LogP contribution in [0, 0.1) is 0 Å². The summed E-state index contributed by atoms with van der Waals surface area (Å²) in [4.78, 5) is 24.8. The van der Waals surface area contributed by atoms with Crippen molar-refractivity contribution in [3.05, 3.63) is 11.0 Å². The third-order valence-corrected chi connectivity index (χ3v) is 4.23. The summed E-state index contributed by atoms with van der Waals surface area (Å²) in [5.74, 6) is 0.811. The average Bonchev–Trinajstić information content (AvgIpc) is 2.88. The second kappa shape index (κ2) is 4.86. The van der Waals surface area contributed by atoms with Crippen LogP contribution in [0.4, 0.5) is 11.5 Å². The standard InChI is InChI=1S/C13H17ClN4O2/c1-4-8-10-11(16-13(14)15-8)18-6-7(20-3)5-9(18)12(19)17(10)2/h7,9H,4-6H2,1-3H3. The Bertz CT molecular complexity index is 566. The van der Waals surface area contributed by atoms with Crippen LogP contribution in [0.2, 0.25) is 5.28 Å². The molecule has 1 saturated heterocycles. The first-order chi connectivity index (χ1) is 9.56. The minimum atomic E-state index is -0.215. The van der Waals surface area contributed by atoms with Gasteiger partial charge < -0.3 is 14.5 Å². The summed E-state index contributed by atoms with van der Waals surface area (Å²) in [7, 11) is 3.44. The van der Waals surface area contributed by atoms with Crippen molar-refractivity contribution in [2.75, 3.05) is 30.5 Å². The van der Waals surface area contributed by atoms with Gasteiger partial charge in [-0.15, -0.1) is 0 Å². The Morgan fingerprint density at radius 1 is 1.45 bits per heavy atom. The molecule has 2 atom stereocenters. The average molecular weight is 297 g/mol. The van der Waals surface area contributed by atoms with E-state index in [2.05, 4.69) is 9.97 Å². The molecule has 2 aliphatic rings. The molecule has 0 radical (unpaired) electrons. The number of rotatable bonds is 2. The van der Waals surface area contributed by atoms with E-state index in [0.29, 0.717) is 19.4 Å². The van der Waals surface area contributed by atoms with Gasteiger partial charge in [0.15, 0.2) is 5.82 Å². The number of ether oxygens (including phenoxy) is 1. The third-order valence-electron chi connectivity index (χ3n) is 4.06. The maximum Gasteiger partial charge on any atom is 0.249 e. The fourth-order valence-corrected chi connectivity index (χ4v) is 3.20. The Balaban J connectivity index is 2.14. The SMILES string of the molecule is CCc1nc(Cl)nc2c1N(C)C(=O)C1CC(OC)CN21. The molecule has 1 amide bonds. The van der Waals surface area contributed by atoms with Crippen molar-refractivity contribution in [1.29, 1.82) is 0 Å². The van der Waals surface area contributed by atoms with Crippen molar-refractivity contribution < 1.29 is 9.53 Å². The fourth-order valence-electron chi connectivity index (χ4n) is 3.02. The molecule has 0 aromatic carbocycles. The molecule has 0 saturated carbocycles. The zero-order valence-electron chi connectivity index (χ0n) is 11.8. The van der Waals surface area contributed by atoms with E-state index in [1.54, 1.807) is 19.1 Å². The number of amides is 1. The van der Waals surface area contributed by atoms with Crippen LogP contribution in [0.25, 0.3) is 0 Å². The summed E-state index contributed by atoms with van der Waals surface area (Å²) < 4.78 is 5.40. The van der Waals surface area contributed by atoms with Crippen molar-refractivity contribution in [3.63, 3.8) is 0 Å². The van der Waals surface area contributed by atoms with Crippen molar-refractivity contribution in [2.24, 2.45) is 0 Å². The number of aryl methyl sites for hydroxylation is 1. The van der Waals surface area contributed by atoms with Crippen molar-refractivity contribution >= 4 is 29.0 Å². The summed E-state index contributed by atoms with van der Waals surface area (Å²) in [6, 6.07) is -0.215. The summed E-state index contributed by atoms with van der Waals surface area (Å²) in [6.07, 6.45) is 1.43. The van der Waals surface area contributed by atoms with Gasteiger partial charge >= 0.3 is 0 Å². The summed E-state index contributed by atoms with van der Waals surface area (Å²) in [5, 5.41) is 0.225. The maximum atomic E-state index is 12.5. The number of methoxy groups -OCH3 is 1. The molecule has 1 aromatic rings. The van der Waals surface area contributed by atoms with Crippen LogP contribution in [-0.4, -0.2) is 48.7 Å². The van der Waals surface area contributed by atoms with Crippen LogP contribution in [0.5, 0.6) is 0 Å². The number of nitrogens with zero attached hydrogens (tertiary/aromatic N) is 4. The number of fused-ring (bicyclic) bond motifs is 3. The van der Waals surface area contributed by atoms with Crippen molar-refractivity contribution in [1.82, 2.24) is 9.97 Å². The number of hydrogen-bond donors (Lipinski definition) is 0. The van der Waals surface area contributed by atoms with E-state index in [0.717, 1.165) is 17.2 Å². The quantitative estimate of drug-likeness (QED) is 0.769. The number of anilines is 2. The van der Waals surface area contributed by atoms with E-state index >= 15 is 0 Å². The minimum absolute atomic E-state index is 0.0436. The second-order valence-corrected chi connectivity index (χ2v) is 5.46. The number of aromatic nitrogens is 2. The van der Waals surface area contributed by atoms with E-state index in [4.69, 9.17) is 16.3 Å². The minimum Gasteiger partial charge on any atom is -0.380 e. The predicted octanol–water partition coefficient (Wildman–Crippen LogP) is 1.26. The lowest BCUT2D eigenvalue weighted by molar-refractivity contribution is -0.119. The van der Waals surface area contributed by atoms with Crippen LogP contribution >= 0.6 is 11.6 Å². The van der Waals surface area contributed by atoms with Crippen LogP contribution < -0.4 is 9.80 Å². The van der Waals surface area contributed by atoms with Gasteiger partial charge in [-0.05, 0) is 18.0 Å². The first kappa shape index (κ1) is 13.6. The molecule has 2 aliphatic heterocycles. The van der Waals surface area contributed by atoms with Crippen LogP contribution in [0.15, 0.2) is 0 Å². The lowest BCUT2D eigenvalue weighted by atomic mass is 10.1. The van der Waals surface area contributed by atoms with Gasteiger partial charge in [-0.1, -0.05) is 6.92 Å². The van der Waals surface area contributed by atoms with Gasteiger partial charge in [0.05, 0.1) is 11.8 Å². The zero-order chi connectivity index (χ0) is 14.4. The molecule has 1 fully saturated rings. The van der Waals surface area contributed by atoms with Gasteiger partial charge in [-0.2, -0.15) is 4.98 Å². The van der Waals surface area contributed by atoms with E-state index in [-0.39, 0.29) is 23.3 Å². The van der Waals surface area contributed by atoms with Crippen LogP contribution in [-0.2, 0) is 16.0 Å². The molecule has 2 unspecified atom stereocenters. The highest BCUT2D eigenvalue weighted by Gasteiger charge is 2.45. The molecule has 0 spiro atoms. The Morgan fingerprint density at radius 3 is 2.85 bits per heavy atom. The van der Waals surface area contributed by atoms with Gasteiger partial charge in [0.25, 0.3) is 0 Å². The Morgan fingerprint density at radius 2 is 2.20 bits per heavy atom. The summed E-state index contributed by atoms with van der Waals surface area (Å²) in [6.45, 7) is 2.65. The molecule has 1 aromatic heterocycles. The highest BCUT2D eigenvalue weighted by molar-refractivity contribution is 6.28. The maximum absolute atomic E-state index is 12.5. The van der Waals surface area contributed by atoms with Gasteiger partial charge in [-0.3, -0.25) is 4.79 Å².